The van der Waals surface area contributed by atoms with Crippen LogP contribution in [0.4, 0.5) is 9.18 Å². The van der Waals surface area contributed by atoms with E-state index in [4.69, 9.17) is 9.47 Å². The maximum atomic E-state index is 14.3. The number of ether oxygens (including phenoxy) is 2. The molecule has 1 saturated carbocycles. The largest absolute Gasteiger partial charge is 0.444 e. The molecule has 1 aromatic rings. The van der Waals surface area contributed by atoms with Crippen molar-refractivity contribution in [2.24, 2.45) is 0 Å². The molecule has 1 atom stereocenters. The Kier molecular flexibility index (Phi) is 6.88. The minimum atomic E-state index is -0.483. The number of hydrogen-bond acceptors (Lipinski definition) is 5. The first kappa shape index (κ1) is 25.0. The third-order valence-corrected chi connectivity index (χ3v) is 8.47. The van der Waals surface area contributed by atoms with Gasteiger partial charge in [0.15, 0.2) is 0 Å². The fourth-order valence-electron chi connectivity index (χ4n) is 6.61. The van der Waals surface area contributed by atoms with E-state index in [0.717, 1.165) is 58.0 Å². The molecule has 0 radical (unpaired) electrons. The standard InChI is InChI=1S/C28H41FN2O4/c1-27(2,3)35-26(33)31-17-28(18-31)15-22(16-34-28)30-12-10-20(11-13-30)25-14-21(29)6-9-24(25)19-4-7-23(32)8-5-19/h6,9,14,19-20,22-23,32H,4-5,7-8,10-13,15-18H2,1-3H3/t19?,22-,23?/m0/s1. The van der Waals surface area contributed by atoms with Gasteiger partial charge in [0.05, 0.1) is 25.8 Å². The number of hydrogen-bond donors (Lipinski definition) is 1. The van der Waals surface area contributed by atoms with Gasteiger partial charge in [-0.1, -0.05) is 6.07 Å². The summed E-state index contributed by atoms with van der Waals surface area (Å²) in [6.07, 6.45) is 6.23. The van der Waals surface area contributed by atoms with Crippen molar-refractivity contribution < 1.29 is 23.8 Å². The van der Waals surface area contributed by atoms with E-state index in [-0.39, 0.29) is 23.6 Å². The summed E-state index contributed by atoms with van der Waals surface area (Å²) >= 11 is 0. The van der Waals surface area contributed by atoms with E-state index in [2.05, 4.69) is 4.90 Å². The first-order valence-corrected chi connectivity index (χ1v) is 13.4. The van der Waals surface area contributed by atoms with Crippen molar-refractivity contribution in [3.63, 3.8) is 0 Å². The highest BCUT2D eigenvalue weighted by molar-refractivity contribution is 5.69. The van der Waals surface area contributed by atoms with Crippen molar-refractivity contribution in [1.29, 1.82) is 0 Å². The Balaban J connectivity index is 1.15. The average molecular weight is 489 g/mol. The smallest absolute Gasteiger partial charge is 0.410 e. The molecule has 6 nitrogen and oxygen atoms in total. The first-order chi connectivity index (χ1) is 16.6. The minimum absolute atomic E-state index is 0.146. The van der Waals surface area contributed by atoms with Gasteiger partial charge < -0.3 is 19.5 Å². The molecular formula is C28H41FN2O4. The predicted molar refractivity (Wildman–Crippen MR) is 132 cm³/mol. The number of likely N-dealkylation sites (tertiary alicyclic amines) is 2. The van der Waals surface area contributed by atoms with Crippen LogP contribution in [0.15, 0.2) is 18.2 Å². The SMILES string of the molecule is CC(C)(C)OC(=O)N1CC2(C[C@H](N3CCC(c4cc(F)ccc4C4CCC(O)CC4)CC3)CO2)C1. The number of aliphatic hydroxyl groups is 1. The van der Waals surface area contributed by atoms with Crippen LogP contribution in [0.2, 0.25) is 0 Å². The highest BCUT2D eigenvalue weighted by Crippen LogP contribution is 2.42. The molecule has 0 aromatic heterocycles. The number of nitrogens with zero attached hydrogens (tertiary/aromatic N) is 2. The number of benzene rings is 1. The Bertz CT molecular complexity index is 910. The van der Waals surface area contributed by atoms with Crippen LogP contribution in [-0.2, 0) is 9.47 Å². The van der Waals surface area contributed by atoms with Crippen molar-refractivity contribution >= 4 is 6.09 Å². The second kappa shape index (κ2) is 9.64. The number of carbonyl (C=O) groups is 1. The van der Waals surface area contributed by atoms with Gasteiger partial charge in [0.2, 0.25) is 0 Å². The molecule has 7 heteroatoms. The van der Waals surface area contributed by atoms with Gasteiger partial charge in [-0.25, -0.2) is 9.18 Å². The quantitative estimate of drug-likeness (QED) is 0.662. The Morgan fingerprint density at radius 2 is 1.71 bits per heavy atom. The van der Waals surface area contributed by atoms with E-state index in [9.17, 15) is 14.3 Å². The monoisotopic (exact) mass is 488 g/mol. The Morgan fingerprint density at radius 3 is 2.37 bits per heavy atom. The fourth-order valence-corrected chi connectivity index (χ4v) is 6.61. The van der Waals surface area contributed by atoms with Gasteiger partial charge in [0.25, 0.3) is 0 Å². The molecule has 35 heavy (non-hydrogen) atoms. The molecule has 3 saturated heterocycles. The maximum absolute atomic E-state index is 14.3. The summed E-state index contributed by atoms with van der Waals surface area (Å²) in [5, 5.41) is 9.91. The van der Waals surface area contributed by atoms with E-state index in [0.29, 0.717) is 37.6 Å². The molecule has 3 heterocycles. The van der Waals surface area contributed by atoms with E-state index in [1.165, 1.54) is 11.1 Å². The molecule has 4 fully saturated rings. The lowest BCUT2D eigenvalue weighted by atomic mass is 9.76. The number of rotatable bonds is 3. The van der Waals surface area contributed by atoms with Crippen molar-refractivity contribution in [2.45, 2.75) is 101 Å². The van der Waals surface area contributed by atoms with Gasteiger partial charge in [0.1, 0.15) is 17.0 Å². The lowest BCUT2D eigenvalue weighted by Crippen LogP contribution is -2.64. The fraction of sp³-hybridized carbons (Fsp3) is 0.750. The van der Waals surface area contributed by atoms with E-state index in [1.54, 1.807) is 17.0 Å². The Morgan fingerprint density at radius 1 is 1.06 bits per heavy atom. The second-order valence-electron chi connectivity index (χ2n) is 12.3. The lowest BCUT2D eigenvalue weighted by molar-refractivity contribution is -0.109. The summed E-state index contributed by atoms with van der Waals surface area (Å²) in [7, 11) is 0. The molecule has 1 aliphatic carbocycles. The molecule has 0 bridgehead atoms. The zero-order chi connectivity index (χ0) is 24.8. The van der Waals surface area contributed by atoms with Gasteiger partial charge in [-0.15, -0.1) is 0 Å². The van der Waals surface area contributed by atoms with Crippen molar-refractivity contribution in [1.82, 2.24) is 9.80 Å². The summed E-state index contributed by atoms with van der Waals surface area (Å²) in [4.78, 5) is 16.6. The predicted octanol–water partition coefficient (Wildman–Crippen LogP) is 4.80. The van der Waals surface area contributed by atoms with Crippen LogP contribution in [0.5, 0.6) is 0 Å². The van der Waals surface area contributed by atoms with E-state index >= 15 is 0 Å². The second-order valence-corrected chi connectivity index (χ2v) is 12.3. The van der Waals surface area contributed by atoms with Crippen LogP contribution in [0.25, 0.3) is 0 Å². The van der Waals surface area contributed by atoms with Crippen LogP contribution in [0, 0.1) is 5.82 Å². The molecule has 1 aromatic carbocycles. The van der Waals surface area contributed by atoms with Gasteiger partial charge in [-0.05, 0) is 114 Å². The molecule has 194 valence electrons. The van der Waals surface area contributed by atoms with E-state index < -0.39 is 5.60 Å². The zero-order valence-electron chi connectivity index (χ0n) is 21.5. The molecule has 1 N–H and O–H groups in total. The Labute approximate surface area is 208 Å². The molecule has 1 spiro atoms. The summed E-state index contributed by atoms with van der Waals surface area (Å²) in [6, 6.07) is 5.76. The highest BCUT2D eigenvalue weighted by atomic mass is 19.1. The number of halogens is 1. The molecule has 0 unspecified atom stereocenters. The van der Waals surface area contributed by atoms with Crippen LogP contribution < -0.4 is 0 Å². The van der Waals surface area contributed by atoms with Crippen molar-refractivity contribution in [2.75, 3.05) is 32.8 Å². The van der Waals surface area contributed by atoms with E-state index in [1.807, 2.05) is 26.8 Å². The van der Waals surface area contributed by atoms with Gasteiger partial charge in [-0.3, -0.25) is 4.90 Å². The van der Waals surface area contributed by atoms with Crippen LogP contribution >= 0.6 is 0 Å². The Hall–Kier alpha value is -1.70. The maximum Gasteiger partial charge on any atom is 0.410 e. The van der Waals surface area contributed by atoms with Crippen molar-refractivity contribution in [3.05, 3.63) is 35.1 Å². The summed E-state index contributed by atoms with van der Waals surface area (Å²) in [5.41, 5.74) is 1.79. The third-order valence-electron chi connectivity index (χ3n) is 8.47. The zero-order valence-corrected chi connectivity index (χ0v) is 21.5. The number of carbonyl (C=O) groups excluding carboxylic acids is 1. The molecular weight excluding hydrogens is 447 g/mol. The highest BCUT2D eigenvalue weighted by Gasteiger charge is 2.53. The summed E-state index contributed by atoms with van der Waals surface area (Å²) in [5.74, 6) is 0.667. The average Bonchev–Trinajstić information content (AvgIpc) is 3.24. The summed E-state index contributed by atoms with van der Waals surface area (Å²) < 4.78 is 26.0. The molecule has 4 aliphatic rings. The lowest BCUT2D eigenvalue weighted by Gasteiger charge is -2.47. The normalized spacial score (nSPS) is 29.9. The first-order valence-electron chi connectivity index (χ1n) is 13.4. The third kappa shape index (κ3) is 5.52. The van der Waals surface area contributed by atoms with Gasteiger partial charge in [-0.2, -0.15) is 0 Å². The number of amides is 1. The minimum Gasteiger partial charge on any atom is -0.444 e. The van der Waals surface area contributed by atoms with Crippen LogP contribution in [-0.4, -0.2) is 77.1 Å². The van der Waals surface area contributed by atoms with Crippen molar-refractivity contribution in [3.8, 4) is 0 Å². The number of aliphatic hydroxyl groups excluding tert-OH is 1. The van der Waals surface area contributed by atoms with Gasteiger partial charge in [0, 0.05) is 6.04 Å². The summed E-state index contributed by atoms with van der Waals surface area (Å²) in [6.45, 7) is 9.57. The van der Waals surface area contributed by atoms with Crippen LogP contribution in [0.3, 0.4) is 0 Å². The molecule has 1 amide bonds. The van der Waals surface area contributed by atoms with Crippen LogP contribution in [0.1, 0.15) is 88.7 Å². The topological polar surface area (TPSA) is 62.2 Å². The van der Waals surface area contributed by atoms with Gasteiger partial charge >= 0.3 is 6.09 Å². The number of piperidine rings is 1. The molecule has 5 rings (SSSR count). The molecule has 3 aliphatic heterocycles.